The molecule has 1 saturated carbocycles. The minimum absolute atomic E-state index is 0.0777. The van der Waals surface area contributed by atoms with Crippen molar-refractivity contribution in [3.05, 3.63) is 57.9 Å². The molecule has 6 nitrogen and oxygen atoms in total. The average molecular weight is 421 g/mol. The highest BCUT2D eigenvalue weighted by Crippen LogP contribution is 2.44. The van der Waals surface area contributed by atoms with Gasteiger partial charge in [-0.25, -0.2) is 9.78 Å². The molecule has 2 aromatic rings. The molecule has 1 aromatic carbocycles. The van der Waals surface area contributed by atoms with Crippen LogP contribution in [0.4, 0.5) is 5.69 Å². The molecule has 1 aromatic heterocycles. The van der Waals surface area contributed by atoms with Gasteiger partial charge < -0.3 is 5.11 Å². The number of hydrazone groups is 1. The van der Waals surface area contributed by atoms with Gasteiger partial charge in [0, 0.05) is 11.5 Å². The second-order valence-corrected chi connectivity index (χ2v) is 8.69. The van der Waals surface area contributed by atoms with Crippen LogP contribution in [0.15, 0.2) is 35.4 Å². The predicted molar refractivity (Wildman–Crippen MR) is 114 cm³/mol. The minimum atomic E-state index is -1.01. The molecular weight excluding hydrogens is 400 g/mol. The highest BCUT2D eigenvalue weighted by molar-refractivity contribution is 6.32. The molecule has 2 aliphatic carbocycles. The van der Waals surface area contributed by atoms with Crippen molar-refractivity contribution in [3.63, 3.8) is 0 Å². The predicted octanol–water partition coefficient (Wildman–Crippen LogP) is 4.65. The summed E-state index contributed by atoms with van der Waals surface area (Å²) in [6.45, 7) is 0. The van der Waals surface area contributed by atoms with Crippen LogP contribution in [0.3, 0.4) is 0 Å². The highest BCUT2D eigenvalue weighted by atomic mass is 35.5. The number of nitrogens with zero attached hydrogens (tertiary/aromatic N) is 4. The van der Waals surface area contributed by atoms with Crippen LogP contribution in [0.2, 0.25) is 5.02 Å². The lowest BCUT2D eigenvalue weighted by Crippen LogP contribution is -2.40. The van der Waals surface area contributed by atoms with E-state index >= 15 is 0 Å². The van der Waals surface area contributed by atoms with Gasteiger partial charge in [-0.1, -0.05) is 24.4 Å². The van der Waals surface area contributed by atoms with Gasteiger partial charge in [0.1, 0.15) is 11.8 Å². The number of hydrogen-bond donors (Lipinski definition) is 1. The van der Waals surface area contributed by atoms with Crippen molar-refractivity contribution >= 4 is 29.0 Å². The Bertz CT molecular complexity index is 1100. The van der Waals surface area contributed by atoms with Gasteiger partial charge in [-0.15, -0.1) is 0 Å². The van der Waals surface area contributed by atoms with E-state index in [2.05, 4.69) is 16.1 Å². The monoisotopic (exact) mass is 420 g/mol. The first-order valence-electron chi connectivity index (χ1n) is 10.4. The Morgan fingerprint density at radius 3 is 2.70 bits per heavy atom. The molecule has 1 unspecified atom stereocenters. The van der Waals surface area contributed by atoms with Crippen LogP contribution >= 0.6 is 11.6 Å². The molecule has 1 N–H and O–H groups in total. The van der Waals surface area contributed by atoms with E-state index in [0.29, 0.717) is 16.5 Å². The number of carbonyl (C=O) groups is 1. The molecule has 1 fully saturated rings. The zero-order valence-corrected chi connectivity index (χ0v) is 17.1. The molecule has 0 spiro atoms. The van der Waals surface area contributed by atoms with Crippen LogP contribution in [0, 0.1) is 23.2 Å². The van der Waals surface area contributed by atoms with Gasteiger partial charge in [0.2, 0.25) is 0 Å². The van der Waals surface area contributed by atoms with Gasteiger partial charge >= 0.3 is 5.97 Å². The molecule has 7 heteroatoms. The average Bonchev–Trinajstić information content (AvgIpc) is 3.40. The smallest absolute Gasteiger partial charge is 0.354 e. The number of pyridine rings is 1. The van der Waals surface area contributed by atoms with E-state index < -0.39 is 5.97 Å². The molecule has 5 rings (SSSR count). The summed E-state index contributed by atoms with van der Waals surface area (Å²) in [5.41, 5.74) is 4.20. The number of aromatic nitrogens is 1. The first-order chi connectivity index (χ1) is 14.6. The summed E-state index contributed by atoms with van der Waals surface area (Å²) >= 11 is 6.33. The van der Waals surface area contributed by atoms with E-state index in [4.69, 9.17) is 16.7 Å². The minimum Gasteiger partial charge on any atom is -0.477 e. The van der Waals surface area contributed by atoms with Crippen molar-refractivity contribution in [1.82, 2.24) is 4.98 Å². The van der Waals surface area contributed by atoms with Crippen LogP contribution < -0.4 is 5.01 Å². The number of carboxylic acids is 1. The number of fused-ring (bicyclic) bond motifs is 3. The number of aryl methyl sites for hydroxylation is 1. The summed E-state index contributed by atoms with van der Waals surface area (Å²) in [5.74, 6) is -0.170. The third kappa shape index (κ3) is 3.05. The number of halogens is 1. The van der Waals surface area contributed by atoms with Gasteiger partial charge in [0.15, 0.2) is 0 Å². The fourth-order valence-electron chi connectivity index (χ4n) is 5.28. The van der Waals surface area contributed by atoms with Crippen molar-refractivity contribution in [2.45, 2.75) is 44.6 Å². The Labute approximate surface area is 179 Å². The Morgan fingerprint density at radius 1 is 1.20 bits per heavy atom. The van der Waals surface area contributed by atoms with E-state index in [-0.39, 0.29) is 17.7 Å². The van der Waals surface area contributed by atoms with Crippen LogP contribution in [0.25, 0.3) is 0 Å². The normalized spacial score (nSPS) is 22.9. The number of rotatable bonds is 3. The maximum atomic E-state index is 11.3. The highest BCUT2D eigenvalue weighted by Gasteiger charge is 2.46. The molecule has 0 bridgehead atoms. The SMILES string of the molecule is N#Cc1ccc(N2N=C3c4ccc(C(=O)O)nc4CC[C@@H]3C2C2CCCC2)cc1Cl. The lowest BCUT2D eigenvalue weighted by molar-refractivity contribution is 0.0690. The van der Waals surface area contributed by atoms with Crippen molar-refractivity contribution in [3.8, 4) is 6.07 Å². The zero-order chi connectivity index (χ0) is 20.8. The fraction of sp³-hybridized carbons (Fsp3) is 0.391. The van der Waals surface area contributed by atoms with Gasteiger partial charge in [-0.2, -0.15) is 10.4 Å². The molecule has 3 aliphatic rings. The summed E-state index contributed by atoms with van der Waals surface area (Å²) in [5, 5.41) is 26.1. The van der Waals surface area contributed by atoms with E-state index in [9.17, 15) is 15.2 Å². The largest absolute Gasteiger partial charge is 0.477 e. The van der Waals surface area contributed by atoms with E-state index in [1.165, 1.54) is 25.7 Å². The van der Waals surface area contributed by atoms with Crippen molar-refractivity contribution in [2.24, 2.45) is 16.9 Å². The number of anilines is 1. The Kier molecular flexibility index (Phi) is 4.71. The van der Waals surface area contributed by atoms with E-state index in [1.54, 1.807) is 12.1 Å². The molecule has 0 amide bonds. The van der Waals surface area contributed by atoms with Crippen molar-refractivity contribution in [1.29, 1.82) is 5.26 Å². The van der Waals surface area contributed by atoms with Crippen LogP contribution in [0.5, 0.6) is 0 Å². The second-order valence-electron chi connectivity index (χ2n) is 8.28. The van der Waals surface area contributed by atoms with Crippen LogP contribution in [0.1, 0.15) is 59.4 Å². The number of carboxylic acid groups (broad SMARTS) is 1. The number of nitriles is 1. The fourth-order valence-corrected chi connectivity index (χ4v) is 5.50. The first kappa shape index (κ1) is 19.1. The van der Waals surface area contributed by atoms with Crippen LogP contribution in [-0.2, 0) is 6.42 Å². The molecule has 2 heterocycles. The van der Waals surface area contributed by atoms with Gasteiger partial charge in [-0.3, -0.25) is 5.01 Å². The van der Waals surface area contributed by atoms with Crippen molar-refractivity contribution < 1.29 is 9.90 Å². The van der Waals surface area contributed by atoms with E-state index in [0.717, 1.165) is 35.5 Å². The zero-order valence-electron chi connectivity index (χ0n) is 16.4. The standard InChI is InChI=1S/C23H21ClN4O2/c24-18-11-15(6-5-14(18)12-25)28-22(13-3-1-2-4-13)17-8-9-19-16(21(17)27-28)7-10-20(26-19)23(29)30/h5-7,10-11,13,17,22H,1-4,8-9H2,(H,29,30)/t17-,22?/m0/s1. The number of hydrogen-bond acceptors (Lipinski definition) is 5. The quantitative estimate of drug-likeness (QED) is 0.780. The van der Waals surface area contributed by atoms with Gasteiger partial charge in [0.05, 0.1) is 33.7 Å². The maximum Gasteiger partial charge on any atom is 0.354 e. The lowest BCUT2D eigenvalue weighted by atomic mass is 9.76. The molecule has 1 aliphatic heterocycles. The molecular formula is C23H21ClN4O2. The third-order valence-corrected chi connectivity index (χ3v) is 6.96. The van der Waals surface area contributed by atoms with Crippen LogP contribution in [-0.4, -0.2) is 27.8 Å². The number of benzene rings is 1. The summed E-state index contributed by atoms with van der Waals surface area (Å²) in [4.78, 5) is 15.7. The maximum absolute atomic E-state index is 11.3. The molecule has 152 valence electrons. The number of aromatic carboxylic acids is 1. The summed E-state index contributed by atoms with van der Waals surface area (Å²) < 4.78 is 0. The Hall–Kier alpha value is -2.91. The lowest BCUT2D eigenvalue weighted by Gasteiger charge is -2.34. The van der Waals surface area contributed by atoms with E-state index in [1.807, 2.05) is 18.2 Å². The summed E-state index contributed by atoms with van der Waals surface area (Å²) in [6.07, 6.45) is 6.52. The summed E-state index contributed by atoms with van der Waals surface area (Å²) in [6, 6.07) is 11.3. The third-order valence-electron chi connectivity index (χ3n) is 6.64. The molecule has 30 heavy (non-hydrogen) atoms. The second kappa shape index (κ2) is 7.41. The van der Waals surface area contributed by atoms with Gasteiger partial charge in [0.25, 0.3) is 0 Å². The molecule has 2 atom stereocenters. The summed E-state index contributed by atoms with van der Waals surface area (Å²) in [7, 11) is 0. The topological polar surface area (TPSA) is 89.6 Å². The van der Waals surface area contributed by atoms with Gasteiger partial charge in [-0.05, 0) is 61.9 Å². The van der Waals surface area contributed by atoms with Crippen molar-refractivity contribution in [2.75, 3.05) is 5.01 Å². The molecule has 0 saturated heterocycles. The Morgan fingerprint density at radius 2 is 2.00 bits per heavy atom. The first-order valence-corrected chi connectivity index (χ1v) is 10.8. The Balaban J connectivity index is 1.59. The molecule has 0 radical (unpaired) electrons.